The molecule has 0 saturated carbocycles. The predicted molar refractivity (Wildman–Crippen MR) is 70.6 cm³/mol. The standard InChI is InChI=1S/C13H29N3/c1-12(2)10-13(3,11-14)16-7-5-6-15(4)8-9-16/h12H,5-11,14H2,1-4H3. The average molecular weight is 227 g/mol. The normalized spacial score (nSPS) is 24.4. The Balaban J connectivity index is 2.63. The molecule has 16 heavy (non-hydrogen) atoms. The highest BCUT2D eigenvalue weighted by Gasteiger charge is 2.31. The highest BCUT2D eigenvalue weighted by Crippen LogP contribution is 2.24. The van der Waals surface area contributed by atoms with Gasteiger partial charge in [0.25, 0.3) is 0 Å². The Labute approximate surface area is 101 Å². The summed E-state index contributed by atoms with van der Waals surface area (Å²) in [5.74, 6) is 0.717. The minimum Gasteiger partial charge on any atom is -0.329 e. The van der Waals surface area contributed by atoms with Crippen LogP contribution in [0.15, 0.2) is 0 Å². The summed E-state index contributed by atoms with van der Waals surface area (Å²) in [6, 6.07) is 0. The summed E-state index contributed by atoms with van der Waals surface area (Å²) in [7, 11) is 2.21. The van der Waals surface area contributed by atoms with E-state index in [0.717, 1.165) is 19.0 Å². The first-order chi connectivity index (χ1) is 7.48. The van der Waals surface area contributed by atoms with Crippen LogP contribution in [-0.4, -0.2) is 55.1 Å². The molecule has 1 rings (SSSR count). The molecular weight excluding hydrogens is 198 g/mol. The fourth-order valence-electron chi connectivity index (χ4n) is 2.81. The van der Waals surface area contributed by atoms with E-state index < -0.39 is 0 Å². The fraction of sp³-hybridized carbons (Fsp3) is 1.00. The van der Waals surface area contributed by atoms with Crippen LogP contribution in [0.1, 0.15) is 33.6 Å². The topological polar surface area (TPSA) is 32.5 Å². The van der Waals surface area contributed by atoms with Gasteiger partial charge in [0, 0.05) is 25.2 Å². The zero-order valence-corrected chi connectivity index (χ0v) is 11.5. The summed E-state index contributed by atoms with van der Waals surface area (Å²) in [5, 5.41) is 0. The molecule has 3 nitrogen and oxygen atoms in total. The van der Waals surface area contributed by atoms with E-state index in [1.165, 1.54) is 32.5 Å². The maximum atomic E-state index is 6.02. The van der Waals surface area contributed by atoms with Crippen molar-refractivity contribution < 1.29 is 0 Å². The van der Waals surface area contributed by atoms with Crippen LogP contribution in [0, 0.1) is 5.92 Å². The lowest BCUT2D eigenvalue weighted by Crippen LogP contribution is -2.53. The molecule has 1 atom stereocenters. The molecule has 0 aromatic rings. The Kier molecular flexibility index (Phi) is 5.22. The monoisotopic (exact) mass is 227 g/mol. The molecule has 1 heterocycles. The second-order valence-corrected chi connectivity index (χ2v) is 5.94. The van der Waals surface area contributed by atoms with E-state index in [-0.39, 0.29) is 5.54 Å². The third kappa shape index (κ3) is 3.72. The van der Waals surface area contributed by atoms with Gasteiger partial charge >= 0.3 is 0 Å². The number of nitrogens with zero attached hydrogens (tertiary/aromatic N) is 2. The second-order valence-electron chi connectivity index (χ2n) is 5.94. The summed E-state index contributed by atoms with van der Waals surface area (Å²) in [6.45, 7) is 12.4. The Hall–Kier alpha value is -0.120. The molecule has 0 aliphatic carbocycles. The number of nitrogens with two attached hydrogens (primary N) is 1. The third-order valence-corrected chi connectivity index (χ3v) is 3.77. The molecule has 1 aliphatic rings. The van der Waals surface area contributed by atoms with Crippen molar-refractivity contribution in [2.75, 3.05) is 39.8 Å². The van der Waals surface area contributed by atoms with Crippen molar-refractivity contribution in [1.29, 1.82) is 0 Å². The molecule has 0 bridgehead atoms. The van der Waals surface area contributed by atoms with Crippen molar-refractivity contribution in [3.63, 3.8) is 0 Å². The van der Waals surface area contributed by atoms with Crippen LogP contribution in [0.2, 0.25) is 0 Å². The Bertz CT molecular complexity index is 205. The van der Waals surface area contributed by atoms with Gasteiger partial charge in [-0.2, -0.15) is 0 Å². The molecular formula is C13H29N3. The van der Waals surface area contributed by atoms with Gasteiger partial charge < -0.3 is 10.6 Å². The van der Waals surface area contributed by atoms with Gasteiger partial charge in [-0.05, 0) is 45.8 Å². The van der Waals surface area contributed by atoms with E-state index in [4.69, 9.17) is 5.73 Å². The van der Waals surface area contributed by atoms with E-state index in [0.29, 0.717) is 0 Å². The lowest BCUT2D eigenvalue weighted by molar-refractivity contribution is 0.0936. The molecule has 0 spiro atoms. The fourth-order valence-corrected chi connectivity index (χ4v) is 2.81. The zero-order valence-electron chi connectivity index (χ0n) is 11.5. The first-order valence-electron chi connectivity index (χ1n) is 6.61. The molecule has 3 heteroatoms. The van der Waals surface area contributed by atoms with E-state index in [9.17, 15) is 0 Å². The van der Waals surface area contributed by atoms with Crippen molar-refractivity contribution in [1.82, 2.24) is 9.80 Å². The molecule has 1 unspecified atom stereocenters. The summed E-state index contributed by atoms with van der Waals surface area (Å²) < 4.78 is 0. The van der Waals surface area contributed by atoms with Gasteiger partial charge in [-0.1, -0.05) is 13.8 Å². The molecule has 0 aromatic heterocycles. The van der Waals surface area contributed by atoms with E-state index >= 15 is 0 Å². The van der Waals surface area contributed by atoms with Gasteiger partial charge in [0.15, 0.2) is 0 Å². The first-order valence-corrected chi connectivity index (χ1v) is 6.61. The lowest BCUT2D eigenvalue weighted by atomic mass is 9.88. The first kappa shape index (κ1) is 13.9. The van der Waals surface area contributed by atoms with Crippen molar-refractivity contribution in [3.8, 4) is 0 Å². The molecule has 1 fully saturated rings. The van der Waals surface area contributed by atoms with E-state index in [2.05, 4.69) is 37.6 Å². The number of hydrogen-bond acceptors (Lipinski definition) is 3. The molecule has 0 amide bonds. The van der Waals surface area contributed by atoms with Crippen LogP contribution < -0.4 is 5.73 Å². The Morgan fingerprint density at radius 2 is 1.88 bits per heavy atom. The molecule has 0 aromatic carbocycles. The minimum absolute atomic E-state index is 0.194. The predicted octanol–water partition coefficient (Wildman–Crippen LogP) is 1.39. The van der Waals surface area contributed by atoms with Crippen molar-refractivity contribution >= 4 is 0 Å². The largest absolute Gasteiger partial charge is 0.329 e. The van der Waals surface area contributed by atoms with Gasteiger partial charge in [-0.3, -0.25) is 4.90 Å². The maximum Gasteiger partial charge on any atom is 0.0306 e. The second kappa shape index (κ2) is 5.99. The van der Waals surface area contributed by atoms with Gasteiger partial charge in [0.05, 0.1) is 0 Å². The zero-order chi connectivity index (χ0) is 12.2. The SMILES string of the molecule is CC(C)CC(C)(CN)N1CCCN(C)CC1. The number of rotatable bonds is 4. The van der Waals surface area contributed by atoms with Crippen LogP contribution in [0.3, 0.4) is 0 Å². The summed E-state index contributed by atoms with van der Waals surface area (Å²) >= 11 is 0. The van der Waals surface area contributed by atoms with Crippen LogP contribution in [0.25, 0.3) is 0 Å². The third-order valence-electron chi connectivity index (χ3n) is 3.77. The molecule has 1 saturated heterocycles. The Morgan fingerprint density at radius 1 is 1.19 bits per heavy atom. The van der Waals surface area contributed by atoms with Crippen LogP contribution in [0.5, 0.6) is 0 Å². The van der Waals surface area contributed by atoms with Gasteiger partial charge in [-0.15, -0.1) is 0 Å². The number of likely N-dealkylation sites (N-methyl/N-ethyl adjacent to an activating group) is 1. The highest BCUT2D eigenvalue weighted by atomic mass is 15.2. The van der Waals surface area contributed by atoms with Gasteiger partial charge in [-0.25, -0.2) is 0 Å². The molecule has 2 N–H and O–H groups in total. The van der Waals surface area contributed by atoms with Crippen LogP contribution >= 0.6 is 0 Å². The van der Waals surface area contributed by atoms with Crippen molar-refractivity contribution in [2.24, 2.45) is 11.7 Å². The molecule has 96 valence electrons. The van der Waals surface area contributed by atoms with Crippen molar-refractivity contribution in [2.45, 2.75) is 39.2 Å². The summed E-state index contributed by atoms with van der Waals surface area (Å²) in [5.41, 5.74) is 6.21. The van der Waals surface area contributed by atoms with Gasteiger partial charge in [0.1, 0.15) is 0 Å². The maximum absolute atomic E-state index is 6.02. The summed E-state index contributed by atoms with van der Waals surface area (Å²) in [6.07, 6.45) is 2.47. The Morgan fingerprint density at radius 3 is 2.44 bits per heavy atom. The van der Waals surface area contributed by atoms with Crippen LogP contribution in [-0.2, 0) is 0 Å². The quantitative estimate of drug-likeness (QED) is 0.788. The lowest BCUT2D eigenvalue weighted by Gasteiger charge is -2.41. The highest BCUT2D eigenvalue weighted by molar-refractivity contribution is 4.89. The van der Waals surface area contributed by atoms with Crippen molar-refractivity contribution in [3.05, 3.63) is 0 Å². The molecule has 1 aliphatic heterocycles. The molecule has 0 radical (unpaired) electrons. The number of hydrogen-bond donors (Lipinski definition) is 1. The summed E-state index contributed by atoms with van der Waals surface area (Å²) in [4.78, 5) is 5.03. The van der Waals surface area contributed by atoms with E-state index in [1.54, 1.807) is 0 Å². The minimum atomic E-state index is 0.194. The van der Waals surface area contributed by atoms with E-state index in [1.807, 2.05) is 0 Å². The smallest absolute Gasteiger partial charge is 0.0306 e. The average Bonchev–Trinajstić information content (AvgIpc) is 2.42. The van der Waals surface area contributed by atoms with Gasteiger partial charge in [0.2, 0.25) is 0 Å². The van der Waals surface area contributed by atoms with Crippen LogP contribution in [0.4, 0.5) is 0 Å².